The molecular weight excluding hydrogens is 316 g/mol. The van der Waals surface area contributed by atoms with Gasteiger partial charge in [0.05, 0.1) is 0 Å². The molecule has 0 amide bonds. The zero-order chi connectivity index (χ0) is 21.6. The standard InChI is InChI=1S/C14H32N2.2C3H8.2C2H6/c1-5-7-8-9-10-11-12-15-13-14(6-2)16(3)4;2*1-3-2;2*1-2/h14-15H,5-13H2,1-4H3;2*3H2,1-2H3;2*1-2H3. The average Bonchev–Trinajstić information content (AvgIpc) is 2.65. The van der Waals surface area contributed by atoms with Crippen molar-refractivity contribution >= 4 is 0 Å². The Labute approximate surface area is 170 Å². The highest BCUT2D eigenvalue weighted by atomic mass is 15.1. The summed E-state index contributed by atoms with van der Waals surface area (Å²) in [6.07, 6.45) is 12.1. The zero-order valence-electron chi connectivity index (χ0n) is 21.3. The van der Waals surface area contributed by atoms with E-state index in [-0.39, 0.29) is 0 Å². The van der Waals surface area contributed by atoms with Gasteiger partial charge in [-0.2, -0.15) is 0 Å². The highest BCUT2D eigenvalue weighted by molar-refractivity contribution is 4.66. The maximum atomic E-state index is 3.57. The molecule has 0 spiro atoms. The van der Waals surface area contributed by atoms with Crippen molar-refractivity contribution in [3.8, 4) is 0 Å². The molecule has 0 aliphatic rings. The third kappa shape index (κ3) is 49.6. The fraction of sp³-hybridized carbons (Fsp3) is 1.00. The molecule has 0 saturated carbocycles. The molecular formula is C24H60N2. The van der Waals surface area contributed by atoms with Crippen LogP contribution in [0.1, 0.15) is 127 Å². The van der Waals surface area contributed by atoms with Crippen LogP contribution in [0, 0.1) is 0 Å². The lowest BCUT2D eigenvalue weighted by Gasteiger charge is -2.23. The van der Waals surface area contributed by atoms with Crippen LogP contribution >= 0.6 is 0 Å². The Hall–Kier alpha value is -0.0800. The van der Waals surface area contributed by atoms with Gasteiger partial charge in [0.25, 0.3) is 0 Å². The van der Waals surface area contributed by atoms with E-state index in [1.807, 2.05) is 27.7 Å². The van der Waals surface area contributed by atoms with Crippen molar-refractivity contribution in [1.29, 1.82) is 0 Å². The number of nitrogens with zero attached hydrogens (tertiary/aromatic N) is 1. The molecule has 0 aliphatic heterocycles. The van der Waals surface area contributed by atoms with Crippen molar-refractivity contribution in [2.45, 2.75) is 133 Å². The molecule has 2 heteroatoms. The fourth-order valence-corrected chi connectivity index (χ4v) is 1.99. The Morgan fingerprint density at radius 1 is 0.654 bits per heavy atom. The number of hydrogen-bond donors (Lipinski definition) is 1. The lowest BCUT2D eigenvalue weighted by atomic mass is 10.1. The van der Waals surface area contributed by atoms with Crippen LogP contribution in [0.3, 0.4) is 0 Å². The number of nitrogens with one attached hydrogen (secondary N) is 1. The molecule has 0 aliphatic carbocycles. The summed E-state index contributed by atoms with van der Waals surface area (Å²) in [5, 5.41) is 3.57. The van der Waals surface area contributed by atoms with Gasteiger partial charge in [-0.15, -0.1) is 0 Å². The lowest BCUT2D eigenvalue weighted by molar-refractivity contribution is 0.276. The maximum Gasteiger partial charge on any atom is 0.0211 e. The second kappa shape index (κ2) is 44.4. The van der Waals surface area contributed by atoms with E-state index in [9.17, 15) is 0 Å². The molecule has 0 saturated heterocycles. The number of likely N-dealkylation sites (N-methyl/N-ethyl adjacent to an activating group) is 1. The van der Waals surface area contributed by atoms with Crippen LogP contribution in [-0.2, 0) is 0 Å². The first-order valence-corrected chi connectivity index (χ1v) is 11.9. The summed E-state index contributed by atoms with van der Waals surface area (Å²) >= 11 is 0. The third-order valence-electron chi connectivity index (χ3n) is 3.29. The van der Waals surface area contributed by atoms with Gasteiger partial charge in [-0.05, 0) is 33.5 Å². The first-order valence-electron chi connectivity index (χ1n) is 11.9. The number of unbranched alkanes of at least 4 members (excludes halogenated alkanes) is 5. The summed E-state index contributed by atoms with van der Waals surface area (Å²) < 4.78 is 0. The Morgan fingerprint density at radius 3 is 1.38 bits per heavy atom. The summed E-state index contributed by atoms with van der Waals surface area (Å²) in [4.78, 5) is 2.31. The normalized spacial score (nSPS) is 10.0. The van der Waals surface area contributed by atoms with Crippen molar-refractivity contribution < 1.29 is 0 Å². The number of hydrogen-bond acceptors (Lipinski definition) is 2. The van der Waals surface area contributed by atoms with Crippen molar-refractivity contribution in [3.05, 3.63) is 0 Å². The van der Waals surface area contributed by atoms with Gasteiger partial charge in [-0.3, -0.25) is 0 Å². The minimum atomic E-state index is 0.695. The van der Waals surface area contributed by atoms with Gasteiger partial charge in [0.15, 0.2) is 0 Å². The molecule has 0 rings (SSSR count). The Morgan fingerprint density at radius 2 is 1.04 bits per heavy atom. The van der Waals surface area contributed by atoms with E-state index >= 15 is 0 Å². The largest absolute Gasteiger partial charge is 0.315 e. The first kappa shape index (κ1) is 36.8. The van der Waals surface area contributed by atoms with E-state index in [0.717, 1.165) is 6.54 Å². The molecule has 0 aromatic heterocycles. The van der Waals surface area contributed by atoms with Crippen LogP contribution in [0.5, 0.6) is 0 Å². The molecule has 26 heavy (non-hydrogen) atoms. The molecule has 0 fully saturated rings. The maximum absolute atomic E-state index is 3.57. The van der Waals surface area contributed by atoms with Gasteiger partial charge in [0, 0.05) is 12.6 Å². The van der Waals surface area contributed by atoms with E-state index in [2.05, 4.69) is 65.9 Å². The van der Waals surface area contributed by atoms with Crippen molar-refractivity contribution in [2.24, 2.45) is 0 Å². The molecule has 0 aromatic carbocycles. The highest BCUT2D eigenvalue weighted by Gasteiger charge is 2.06. The SMILES string of the molecule is CC.CC.CCC.CCC.CCCCCCCCNCC(CC)N(C)C. The smallest absolute Gasteiger partial charge is 0.0211 e. The van der Waals surface area contributed by atoms with Gasteiger partial charge in [0.2, 0.25) is 0 Å². The minimum Gasteiger partial charge on any atom is -0.315 e. The molecule has 0 aromatic rings. The summed E-state index contributed by atoms with van der Waals surface area (Å²) in [5.41, 5.74) is 0. The van der Waals surface area contributed by atoms with Gasteiger partial charge >= 0.3 is 0 Å². The van der Waals surface area contributed by atoms with Crippen LogP contribution in [0.25, 0.3) is 0 Å². The van der Waals surface area contributed by atoms with Gasteiger partial charge < -0.3 is 10.2 Å². The van der Waals surface area contributed by atoms with Crippen molar-refractivity contribution in [2.75, 3.05) is 27.2 Å². The average molecular weight is 377 g/mol. The Balaban J connectivity index is -0.000000123. The van der Waals surface area contributed by atoms with Crippen LogP contribution < -0.4 is 5.32 Å². The van der Waals surface area contributed by atoms with Gasteiger partial charge in [-0.1, -0.05) is 114 Å². The summed E-state index contributed by atoms with van der Waals surface area (Å²) in [7, 11) is 4.33. The predicted octanol–water partition coefficient (Wildman–Crippen LogP) is 8.16. The summed E-state index contributed by atoms with van der Waals surface area (Å²) in [6.45, 7) is 23.4. The fourth-order valence-electron chi connectivity index (χ4n) is 1.99. The monoisotopic (exact) mass is 376 g/mol. The van der Waals surface area contributed by atoms with E-state index in [0.29, 0.717) is 6.04 Å². The van der Waals surface area contributed by atoms with Gasteiger partial charge in [-0.25, -0.2) is 0 Å². The summed E-state index contributed by atoms with van der Waals surface area (Å²) in [5.74, 6) is 0. The topological polar surface area (TPSA) is 15.3 Å². The van der Waals surface area contributed by atoms with E-state index < -0.39 is 0 Å². The molecule has 1 N–H and O–H groups in total. The third-order valence-corrected chi connectivity index (χ3v) is 3.29. The van der Waals surface area contributed by atoms with Crippen LogP contribution in [-0.4, -0.2) is 38.1 Å². The quantitative estimate of drug-likeness (QED) is 0.366. The number of rotatable bonds is 11. The zero-order valence-corrected chi connectivity index (χ0v) is 21.3. The minimum absolute atomic E-state index is 0.695. The van der Waals surface area contributed by atoms with E-state index in [1.165, 1.54) is 64.3 Å². The molecule has 1 atom stereocenters. The summed E-state index contributed by atoms with van der Waals surface area (Å²) in [6, 6.07) is 0.695. The first-order chi connectivity index (χ1) is 12.5. The highest BCUT2D eigenvalue weighted by Crippen LogP contribution is 2.04. The van der Waals surface area contributed by atoms with E-state index in [1.54, 1.807) is 0 Å². The molecule has 166 valence electrons. The molecule has 2 nitrogen and oxygen atoms in total. The Kier molecular flexibility index (Phi) is 62.8. The molecule has 0 heterocycles. The molecule has 0 radical (unpaired) electrons. The van der Waals surface area contributed by atoms with Crippen LogP contribution in [0.4, 0.5) is 0 Å². The molecule has 1 unspecified atom stereocenters. The molecule has 0 bridgehead atoms. The lowest BCUT2D eigenvalue weighted by Crippen LogP contribution is -2.37. The predicted molar refractivity (Wildman–Crippen MR) is 129 cm³/mol. The van der Waals surface area contributed by atoms with Crippen LogP contribution in [0.2, 0.25) is 0 Å². The van der Waals surface area contributed by atoms with Crippen LogP contribution in [0.15, 0.2) is 0 Å². The van der Waals surface area contributed by atoms with Crippen molar-refractivity contribution in [1.82, 2.24) is 10.2 Å². The second-order valence-electron chi connectivity index (χ2n) is 6.41. The Bertz CT molecular complexity index is 156. The second-order valence-corrected chi connectivity index (χ2v) is 6.41. The van der Waals surface area contributed by atoms with Gasteiger partial charge in [0.1, 0.15) is 0 Å². The van der Waals surface area contributed by atoms with Crippen molar-refractivity contribution in [3.63, 3.8) is 0 Å². The van der Waals surface area contributed by atoms with E-state index in [4.69, 9.17) is 0 Å².